The van der Waals surface area contributed by atoms with Gasteiger partial charge >= 0.3 is 12.1 Å². The standard InChI is InChI=1S/C12H21NO7S/c1-12(2,3)19-11(15)13-7-8(20-21(5,16)17)6-9(13)10(14)18-4/h8-9H,6-7H2,1-5H3/t8-,9-/m0/s1. The van der Waals surface area contributed by atoms with Gasteiger partial charge in [-0.25, -0.2) is 9.59 Å². The van der Waals surface area contributed by atoms with Crippen molar-refractivity contribution in [1.29, 1.82) is 0 Å². The summed E-state index contributed by atoms with van der Waals surface area (Å²) >= 11 is 0. The smallest absolute Gasteiger partial charge is 0.411 e. The fraction of sp³-hybridized carbons (Fsp3) is 0.833. The fourth-order valence-corrected chi connectivity index (χ4v) is 2.63. The third kappa shape index (κ3) is 5.50. The van der Waals surface area contributed by atoms with Crippen LogP contribution in [-0.4, -0.2) is 63.0 Å². The Morgan fingerprint density at radius 2 is 1.81 bits per heavy atom. The van der Waals surface area contributed by atoms with E-state index in [9.17, 15) is 18.0 Å². The van der Waals surface area contributed by atoms with Crippen molar-refractivity contribution in [1.82, 2.24) is 4.90 Å². The molecule has 0 saturated carbocycles. The molecule has 1 fully saturated rings. The van der Waals surface area contributed by atoms with Crippen molar-refractivity contribution in [3.8, 4) is 0 Å². The molecule has 0 radical (unpaired) electrons. The van der Waals surface area contributed by atoms with Crippen molar-refractivity contribution in [3.05, 3.63) is 0 Å². The van der Waals surface area contributed by atoms with Crippen molar-refractivity contribution < 1.29 is 31.7 Å². The van der Waals surface area contributed by atoms with Crippen LogP contribution in [0.1, 0.15) is 27.2 Å². The minimum Gasteiger partial charge on any atom is -0.467 e. The normalized spacial score (nSPS) is 23.0. The van der Waals surface area contributed by atoms with E-state index < -0.39 is 39.9 Å². The van der Waals surface area contributed by atoms with Gasteiger partial charge in [0, 0.05) is 6.42 Å². The molecule has 1 aliphatic heterocycles. The average Bonchev–Trinajstić information content (AvgIpc) is 2.67. The number of esters is 1. The van der Waals surface area contributed by atoms with Crippen LogP contribution in [0.15, 0.2) is 0 Å². The molecule has 8 nitrogen and oxygen atoms in total. The molecule has 0 N–H and O–H groups in total. The molecule has 122 valence electrons. The van der Waals surface area contributed by atoms with Gasteiger partial charge in [-0.15, -0.1) is 0 Å². The van der Waals surface area contributed by atoms with Crippen molar-refractivity contribution in [2.45, 2.75) is 44.9 Å². The van der Waals surface area contributed by atoms with Gasteiger partial charge in [0.2, 0.25) is 0 Å². The number of amides is 1. The quantitative estimate of drug-likeness (QED) is 0.551. The van der Waals surface area contributed by atoms with E-state index in [4.69, 9.17) is 8.92 Å². The van der Waals surface area contributed by atoms with Gasteiger partial charge in [-0.1, -0.05) is 0 Å². The van der Waals surface area contributed by atoms with Crippen LogP contribution in [0.5, 0.6) is 0 Å². The van der Waals surface area contributed by atoms with E-state index in [0.717, 1.165) is 11.2 Å². The van der Waals surface area contributed by atoms with Gasteiger partial charge in [-0.2, -0.15) is 8.42 Å². The van der Waals surface area contributed by atoms with Crippen LogP contribution in [0.3, 0.4) is 0 Å². The number of carbonyl (C=O) groups is 2. The largest absolute Gasteiger partial charge is 0.467 e. The third-order valence-electron chi connectivity index (χ3n) is 2.67. The van der Waals surface area contributed by atoms with Crippen molar-refractivity contribution in [2.75, 3.05) is 19.9 Å². The van der Waals surface area contributed by atoms with E-state index in [0.29, 0.717) is 0 Å². The zero-order chi connectivity index (χ0) is 16.4. The molecule has 0 aromatic heterocycles. The molecule has 0 aromatic rings. The Hall–Kier alpha value is -1.35. The summed E-state index contributed by atoms with van der Waals surface area (Å²) in [4.78, 5) is 25.0. The van der Waals surface area contributed by atoms with Crippen molar-refractivity contribution in [3.63, 3.8) is 0 Å². The van der Waals surface area contributed by atoms with Crippen LogP contribution in [0, 0.1) is 0 Å². The molecule has 1 rings (SSSR count). The number of nitrogens with zero attached hydrogens (tertiary/aromatic N) is 1. The predicted octanol–water partition coefficient (Wildman–Crippen LogP) is 0.514. The van der Waals surface area contributed by atoms with E-state index in [1.165, 1.54) is 7.11 Å². The number of ether oxygens (including phenoxy) is 2. The summed E-state index contributed by atoms with van der Waals surface area (Å²) in [6.45, 7) is 5.03. The zero-order valence-electron chi connectivity index (χ0n) is 12.8. The monoisotopic (exact) mass is 323 g/mol. The zero-order valence-corrected chi connectivity index (χ0v) is 13.6. The van der Waals surface area contributed by atoms with Crippen LogP contribution >= 0.6 is 0 Å². The van der Waals surface area contributed by atoms with Crippen molar-refractivity contribution >= 4 is 22.2 Å². The molecule has 0 spiro atoms. The van der Waals surface area contributed by atoms with Crippen molar-refractivity contribution in [2.24, 2.45) is 0 Å². The first kappa shape index (κ1) is 17.7. The lowest BCUT2D eigenvalue weighted by Gasteiger charge is -2.27. The first-order valence-electron chi connectivity index (χ1n) is 6.38. The van der Waals surface area contributed by atoms with E-state index >= 15 is 0 Å². The Morgan fingerprint density at radius 3 is 2.24 bits per heavy atom. The van der Waals surface area contributed by atoms with Gasteiger partial charge in [0.1, 0.15) is 11.6 Å². The van der Waals surface area contributed by atoms with E-state index in [-0.39, 0.29) is 13.0 Å². The highest BCUT2D eigenvalue weighted by atomic mass is 32.2. The van der Waals surface area contributed by atoms with Gasteiger partial charge in [-0.3, -0.25) is 9.08 Å². The Balaban J connectivity index is 2.88. The van der Waals surface area contributed by atoms with Gasteiger partial charge < -0.3 is 9.47 Å². The van der Waals surface area contributed by atoms with Gasteiger partial charge in [-0.05, 0) is 20.8 Å². The highest BCUT2D eigenvalue weighted by Crippen LogP contribution is 2.25. The number of hydrogen-bond acceptors (Lipinski definition) is 7. The molecular formula is C12H21NO7S. The molecule has 2 atom stereocenters. The van der Waals surface area contributed by atoms with Crippen LogP contribution in [0.2, 0.25) is 0 Å². The lowest BCUT2D eigenvalue weighted by atomic mass is 10.2. The summed E-state index contributed by atoms with van der Waals surface area (Å²) in [6.07, 6.45) is -0.552. The fourth-order valence-electron chi connectivity index (χ4n) is 2.00. The maximum atomic E-state index is 12.1. The molecule has 0 unspecified atom stereocenters. The number of hydrogen-bond donors (Lipinski definition) is 0. The second-order valence-electron chi connectivity index (χ2n) is 5.83. The first-order chi connectivity index (χ1) is 9.43. The Morgan fingerprint density at radius 1 is 1.24 bits per heavy atom. The van der Waals surface area contributed by atoms with Crippen LogP contribution in [0.4, 0.5) is 4.79 Å². The summed E-state index contributed by atoms with van der Waals surface area (Å²) in [6, 6.07) is -0.920. The number of methoxy groups -OCH3 is 1. The predicted molar refractivity (Wildman–Crippen MR) is 73.1 cm³/mol. The lowest BCUT2D eigenvalue weighted by molar-refractivity contribution is -0.145. The highest BCUT2D eigenvalue weighted by Gasteiger charge is 2.43. The van der Waals surface area contributed by atoms with Crippen LogP contribution in [-0.2, 0) is 28.6 Å². The molecule has 1 saturated heterocycles. The molecule has 0 bridgehead atoms. The Bertz CT molecular complexity index is 508. The molecule has 0 aliphatic carbocycles. The van der Waals surface area contributed by atoms with E-state index in [1.807, 2.05) is 0 Å². The molecule has 1 amide bonds. The molecule has 1 aliphatic rings. The number of carbonyl (C=O) groups excluding carboxylic acids is 2. The van der Waals surface area contributed by atoms with Gasteiger partial charge in [0.05, 0.1) is 26.0 Å². The van der Waals surface area contributed by atoms with Gasteiger partial charge in [0.15, 0.2) is 0 Å². The third-order valence-corrected chi connectivity index (χ3v) is 3.30. The maximum absolute atomic E-state index is 12.1. The molecular weight excluding hydrogens is 302 g/mol. The minimum atomic E-state index is -3.68. The first-order valence-corrected chi connectivity index (χ1v) is 8.20. The van der Waals surface area contributed by atoms with E-state index in [2.05, 4.69) is 4.74 Å². The summed E-state index contributed by atoms with van der Waals surface area (Å²) in [5.41, 5.74) is -0.729. The average molecular weight is 323 g/mol. The van der Waals surface area contributed by atoms with Crippen LogP contribution in [0.25, 0.3) is 0 Å². The second-order valence-corrected chi connectivity index (χ2v) is 7.43. The SMILES string of the molecule is COC(=O)[C@@H]1C[C@H](OS(C)(=O)=O)CN1C(=O)OC(C)(C)C. The van der Waals surface area contributed by atoms with E-state index in [1.54, 1.807) is 20.8 Å². The molecule has 9 heteroatoms. The highest BCUT2D eigenvalue weighted by molar-refractivity contribution is 7.86. The second kappa shape index (κ2) is 6.18. The molecule has 1 heterocycles. The summed E-state index contributed by atoms with van der Waals surface area (Å²) < 4.78 is 37.0. The maximum Gasteiger partial charge on any atom is 0.411 e. The molecule has 21 heavy (non-hydrogen) atoms. The summed E-state index contributed by atoms with van der Waals surface area (Å²) in [5, 5.41) is 0. The Labute approximate surface area is 124 Å². The summed E-state index contributed by atoms with van der Waals surface area (Å²) in [5.74, 6) is -0.638. The lowest BCUT2D eigenvalue weighted by Crippen LogP contribution is -2.44. The Kier molecular flexibility index (Phi) is 5.21. The topological polar surface area (TPSA) is 99.2 Å². The number of rotatable bonds is 3. The number of likely N-dealkylation sites (tertiary alicyclic amines) is 1. The van der Waals surface area contributed by atoms with Crippen LogP contribution < -0.4 is 0 Å². The summed E-state index contributed by atoms with van der Waals surface area (Å²) in [7, 11) is -2.48. The minimum absolute atomic E-state index is 0.0407. The van der Waals surface area contributed by atoms with Gasteiger partial charge in [0.25, 0.3) is 10.1 Å². The molecule has 0 aromatic carbocycles.